The summed E-state index contributed by atoms with van der Waals surface area (Å²) in [5.41, 5.74) is 3.94. The summed E-state index contributed by atoms with van der Waals surface area (Å²) in [6, 6.07) is 9.10. The average Bonchev–Trinajstić information content (AvgIpc) is 2.65. The van der Waals surface area contributed by atoms with Crippen molar-refractivity contribution < 1.29 is 32.3 Å². The van der Waals surface area contributed by atoms with Crippen LogP contribution in [0.25, 0.3) is 0 Å². The van der Waals surface area contributed by atoms with E-state index in [4.69, 9.17) is 22.1 Å². The Kier molecular flexibility index (Phi) is 7.52. The summed E-state index contributed by atoms with van der Waals surface area (Å²) < 4.78 is 43.5. The summed E-state index contributed by atoms with van der Waals surface area (Å²) in [7, 11) is 0. The molecule has 0 aliphatic carbocycles. The van der Waals surface area contributed by atoms with Crippen LogP contribution >= 0.6 is 23.4 Å². The largest absolute Gasteiger partial charge is 0.452 e. The molecule has 2 aromatic rings. The Balaban J connectivity index is 2.00. The smallest absolute Gasteiger partial charge is 0.417 e. The third kappa shape index (κ3) is 6.68. The molecule has 0 saturated carbocycles. The number of amides is 2. The number of esters is 1. The van der Waals surface area contributed by atoms with Crippen LogP contribution in [0.4, 0.5) is 18.9 Å². The number of hydrogen-bond acceptors (Lipinski definition) is 5. The molecule has 2 aromatic carbocycles. The van der Waals surface area contributed by atoms with Gasteiger partial charge in [-0.3, -0.25) is 9.59 Å². The Hall–Kier alpha value is -2.72. The van der Waals surface area contributed by atoms with Gasteiger partial charge in [-0.05, 0) is 30.3 Å². The predicted molar refractivity (Wildman–Crippen MR) is 102 cm³/mol. The topological polar surface area (TPSA) is 98.5 Å². The number of benzene rings is 2. The maximum Gasteiger partial charge on any atom is 0.417 e. The van der Waals surface area contributed by atoms with E-state index in [-0.39, 0.29) is 17.0 Å². The lowest BCUT2D eigenvalue weighted by molar-refractivity contribution is -0.137. The van der Waals surface area contributed by atoms with E-state index >= 15 is 0 Å². The molecular weight excluding hydrogens is 433 g/mol. The fourth-order valence-corrected chi connectivity index (χ4v) is 3.14. The lowest BCUT2D eigenvalue weighted by Crippen LogP contribution is -2.21. The third-order valence-corrected chi connectivity index (χ3v) is 4.79. The van der Waals surface area contributed by atoms with Crippen LogP contribution in [0.3, 0.4) is 0 Å². The monoisotopic (exact) mass is 446 g/mol. The van der Waals surface area contributed by atoms with E-state index in [0.29, 0.717) is 11.0 Å². The Morgan fingerprint density at radius 2 is 1.83 bits per heavy atom. The SMILES string of the molecule is NC(=O)CSc1ccccc1C(=O)OCC(=O)Nc1ccc(Cl)c(C(F)(F)F)c1. The number of primary amides is 1. The maximum atomic E-state index is 12.9. The van der Waals surface area contributed by atoms with Crippen LogP contribution in [0, 0.1) is 0 Å². The minimum absolute atomic E-state index is 0.0527. The number of nitrogens with two attached hydrogens (primary N) is 1. The summed E-state index contributed by atoms with van der Waals surface area (Å²) in [5.74, 6) is -2.29. The molecule has 0 fully saturated rings. The molecule has 154 valence electrons. The van der Waals surface area contributed by atoms with Crippen molar-refractivity contribution in [1.82, 2.24) is 0 Å². The Labute approximate surface area is 172 Å². The van der Waals surface area contributed by atoms with Gasteiger partial charge in [0, 0.05) is 10.6 Å². The highest BCUT2D eigenvalue weighted by molar-refractivity contribution is 8.00. The molecule has 0 spiro atoms. The lowest BCUT2D eigenvalue weighted by Gasteiger charge is -2.12. The van der Waals surface area contributed by atoms with Crippen molar-refractivity contribution in [3.8, 4) is 0 Å². The van der Waals surface area contributed by atoms with E-state index in [9.17, 15) is 27.6 Å². The number of halogens is 4. The van der Waals surface area contributed by atoms with Gasteiger partial charge in [0.2, 0.25) is 5.91 Å². The van der Waals surface area contributed by atoms with Crippen molar-refractivity contribution >= 4 is 46.8 Å². The molecule has 0 aliphatic heterocycles. The quantitative estimate of drug-likeness (QED) is 0.499. The minimum Gasteiger partial charge on any atom is -0.452 e. The summed E-state index contributed by atoms with van der Waals surface area (Å²) in [4.78, 5) is 35.5. The predicted octanol–water partition coefficient (Wildman–Crippen LogP) is 3.73. The molecule has 0 aliphatic rings. The zero-order valence-corrected chi connectivity index (χ0v) is 16.2. The van der Waals surface area contributed by atoms with E-state index < -0.39 is 41.2 Å². The fraction of sp³-hybridized carbons (Fsp3) is 0.167. The standard InChI is InChI=1S/C18H14ClF3N2O4S/c19-13-6-5-10(7-12(13)18(20,21)22)24-16(26)8-28-17(27)11-3-1-2-4-14(11)29-9-15(23)25/h1-7H,8-9H2,(H2,23,25)(H,24,26). The average molecular weight is 447 g/mol. The molecule has 0 heterocycles. The summed E-state index contributed by atoms with van der Waals surface area (Å²) in [6.45, 7) is -0.725. The molecule has 2 rings (SSSR count). The zero-order chi connectivity index (χ0) is 21.6. The first-order valence-corrected chi connectivity index (χ1v) is 9.28. The normalized spacial score (nSPS) is 11.0. The number of nitrogens with one attached hydrogen (secondary N) is 1. The molecule has 0 atom stereocenters. The molecule has 2 amide bonds. The van der Waals surface area contributed by atoms with E-state index in [1.807, 2.05) is 0 Å². The summed E-state index contributed by atoms with van der Waals surface area (Å²) in [5, 5.41) is 1.69. The minimum atomic E-state index is -4.68. The summed E-state index contributed by atoms with van der Waals surface area (Å²) in [6.07, 6.45) is -4.68. The molecule has 0 radical (unpaired) electrons. The first-order valence-electron chi connectivity index (χ1n) is 7.92. The number of carbonyl (C=O) groups excluding carboxylic acids is 3. The molecule has 3 N–H and O–H groups in total. The second kappa shape index (κ2) is 9.66. The van der Waals surface area contributed by atoms with E-state index in [2.05, 4.69) is 5.32 Å². The maximum absolute atomic E-state index is 12.9. The van der Waals surface area contributed by atoms with Gasteiger partial charge in [0.1, 0.15) is 0 Å². The number of ether oxygens (including phenoxy) is 1. The van der Waals surface area contributed by atoms with Crippen molar-refractivity contribution in [2.24, 2.45) is 5.73 Å². The van der Waals surface area contributed by atoms with Crippen LogP contribution in [0.5, 0.6) is 0 Å². The van der Waals surface area contributed by atoms with Gasteiger partial charge >= 0.3 is 12.1 Å². The van der Waals surface area contributed by atoms with Crippen LogP contribution in [-0.4, -0.2) is 30.1 Å². The Bertz CT molecular complexity index is 938. The van der Waals surface area contributed by atoms with Gasteiger partial charge in [-0.1, -0.05) is 23.7 Å². The van der Waals surface area contributed by atoms with Crippen molar-refractivity contribution in [2.45, 2.75) is 11.1 Å². The number of rotatable bonds is 7. The second-order valence-electron chi connectivity index (χ2n) is 5.57. The third-order valence-electron chi connectivity index (χ3n) is 3.37. The highest BCUT2D eigenvalue weighted by Crippen LogP contribution is 2.36. The number of thioether (sulfide) groups is 1. The van der Waals surface area contributed by atoms with Crippen LogP contribution in [-0.2, 0) is 20.5 Å². The molecule has 0 saturated heterocycles. The van der Waals surface area contributed by atoms with Crippen LogP contribution in [0.1, 0.15) is 15.9 Å². The van der Waals surface area contributed by atoms with Crippen molar-refractivity contribution in [1.29, 1.82) is 0 Å². The highest BCUT2D eigenvalue weighted by atomic mass is 35.5. The summed E-state index contributed by atoms with van der Waals surface area (Å²) >= 11 is 6.55. The molecule has 6 nitrogen and oxygen atoms in total. The first-order chi connectivity index (χ1) is 13.6. The van der Waals surface area contributed by atoms with Crippen molar-refractivity contribution in [2.75, 3.05) is 17.7 Å². The molecule has 0 aromatic heterocycles. The number of carbonyl (C=O) groups is 3. The number of hydrogen-bond donors (Lipinski definition) is 2. The molecule has 29 heavy (non-hydrogen) atoms. The molecular formula is C18H14ClF3N2O4S. The van der Waals surface area contributed by atoms with Gasteiger partial charge < -0.3 is 15.8 Å². The highest BCUT2D eigenvalue weighted by Gasteiger charge is 2.33. The Morgan fingerprint density at radius 3 is 2.48 bits per heavy atom. The van der Waals surface area contributed by atoms with Gasteiger partial charge in [-0.25, -0.2) is 4.79 Å². The van der Waals surface area contributed by atoms with Crippen LogP contribution < -0.4 is 11.1 Å². The van der Waals surface area contributed by atoms with Crippen LogP contribution in [0.2, 0.25) is 5.02 Å². The van der Waals surface area contributed by atoms with E-state index in [0.717, 1.165) is 17.8 Å². The molecule has 11 heteroatoms. The van der Waals surface area contributed by atoms with E-state index in [1.165, 1.54) is 12.1 Å². The number of anilines is 1. The lowest BCUT2D eigenvalue weighted by atomic mass is 10.2. The van der Waals surface area contributed by atoms with Gasteiger partial charge in [-0.15, -0.1) is 11.8 Å². The van der Waals surface area contributed by atoms with Crippen molar-refractivity contribution in [3.63, 3.8) is 0 Å². The Morgan fingerprint density at radius 1 is 1.14 bits per heavy atom. The molecule has 0 unspecified atom stereocenters. The number of alkyl halides is 3. The first kappa shape index (κ1) is 22.6. The van der Waals surface area contributed by atoms with Crippen molar-refractivity contribution in [3.05, 3.63) is 58.6 Å². The van der Waals surface area contributed by atoms with Gasteiger partial charge in [0.05, 0.1) is 21.9 Å². The van der Waals surface area contributed by atoms with Crippen LogP contribution in [0.15, 0.2) is 47.4 Å². The zero-order valence-electron chi connectivity index (χ0n) is 14.6. The van der Waals surface area contributed by atoms with Gasteiger partial charge in [-0.2, -0.15) is 13.2 Å². The fourth-order valence-electron chi connectivity index (χ4n) is 2.14. The van der Waals surface area contributed by atoms with Gasteiger partial charge in [0.15, 0.2) is 6.61 Å². The second-order valence-corrected chi connectivity index (χ2v) is 6.99. The van der Waals surface area contributed by atoms with E-state index in [1.54, 1.807) is 18.2 Å². The van der Waals surface area contributed by atoms with Gasteiger partial charge in [0.25, 0.3) is 5.91 Å². The molecule has 0 bridgehead atoms.